The van der Waals surface area contributed by atoms with Gasteiger partial charge in [0.15, 0.2) is 0 Å². The summed E-state index contributed by atoms with van der Waals surface area (Å²) in [7, 11) is -2.00. The molecule has 0 spiro atoms. The number of carbonyl (C=O) groups is 1. The van der Waals surface area contributed by atoms with Gasteiger partial charge in [-0.3, -0.25) is 4.79 Å². The fourth-order valence-corrected chi connectivity index (χ4v) is 3.65. The van der Waals surface area contributed by atoms with Gasteiger partial charge in [-0.1, -0.05) is 27.2 Å². The van der Waals surface area contributed by atoms with Crippen LogP contribution < -0.4 is 4.72 Å². The van der Waals surface area contributed by atoms with Crippen LogP contribution >= 0.6 is 15.9 Å². The average Bonchev–Trinajstić information content (AvgIpc) is 2.92. The van der Waals surface area contributed by atoms with Crippen molar-refractivity contribution < 1.29 is 17.7 Å². The third-order valence-corrected chi connectivity index (χ3v) is 5.19. The SMILES string of the molecule is Cc1cc(CN(C)C(=O)CCNS(=O)(=O)c2cccc(Br)c2)no1. The Kier molecular flexibility index (Phi) is 6.14. The van der Waals surface area contributed by atoms with Crippen molar-refractivity contribution >= 4 is 31.9 Å². The van der Waals surface area contributed by atoms with E-state index in [1.807, 2.05) is 0 Å². The van der Waals surface area contributed by atoms with E-state index in [1.54, 1.807) is 32.2 Å². The number of hydrogen-bond donors (Lipinski definition) is 1. The zero-order valence-corrected chi connectivity index (χ0v) is 15.7. The molecule has 7 nitrogen and oxygen atoms in total. The lowest BCUT2D eigenvalue weighted by Crippen LogP contribution is -2.32. The van der Waals surface area contributed by atoms with Crippen molar-refractivity contribution in [2.24, 2.45) is 0 Å². The normalized spacial score (nSPS) is 11.5. The van der Waals surface area contributed by atoms with E-state index in [0.29, 0.717) is 22.5 Å². The topological polar surface area (TPSA) is 92.5 Å². The van der Waals surface area contributed by atoms with Crippen LogP contribution in [0, 0.1) is 6.92 Å². The van der Waals surface area contributed by atoms with Crippen LogP contribution in [0.5, 0.6) is 0 Å². The van der Waals surface area contributed by atoms with Gasteiger partial charge in [0.25, 0.3) is 0 Å². The van der Waals surface area contributed by atoms with E-state index in [1.165, 1.54) is 17.0 Å². The van der Waals surface area contributed by atoms with Crippen molar-refractivity contribution in [1.29, 1.82) is 0 Å². The molecule has 1 amide bonds. The van der Waals surface area contributed by atoms with Crippen LogP contribution in [-0.4, -0.2) is 38.0 Å². The van der Waals surface area contributed by atoms with Crippen LogP contribution in [0.2, 0.25) is 0 Å². The maximum Gasteiger partial charge on any atom is 0.240 e. The first-order valence-electron chi connectivity index (χ1n) is 7.19. The number of hydrogen-bond acceptors (Lipinski definition) is 5. The fourth-order valence-electron chi connectivity index (χ4n) is 2.02. The maximum atomic E-state index is 12.2. The van der Waals surface area contributed by atoms with Crippen molar-refractivity contribution in [2.45, 2.75) is 24.8 Å². The third-order valence-electron chi connectivity index (χ3n) is 3.24. The van der Waals surface area contributed by atoms with Crippen molar-refractivity contribution in [3.05, 3.63) is 46.3 Å². The lowest BCUT2D eigenvalue weighted by atomic mass is 10.3. The standard InChI is InChI=1S/C15H18BrN3O4S/c1-11-8-13(18-23-11)10-19(2)15(20)6-7-17-24(21,22)14-5-3-4-12(16)9-14/h3-5,8-9,17H,6-7,10H2,1-2H3. The number of halogens is 1. The number of nitrogens with one attached hydrogen (secondary N) is 1. The molecule has 0 radical (unpaired) electrons. The Labute approximate surface area is 149 Å². The molecule has 0 saturated carbocycles. The summed E-state index contributed by atoms with van der Waals surface area (Å²) in [5, 5.41) is 3.82. The molecule has 1 aromatic carbocycles. The van der Waals surface area contributed by atoms with E-state index in [2.05, 4.69) is 25.8 Å². The highest BCUT2D eigenvalue weighted by Crippen LogP contribution is 2.15. The minimum absolute atomic E-state index is 0.0237. The molecule has 0 atom stereocenters. The predicted molar refractivity (Wildman–Crippen MR) is 91.7 cm³/mol. The Bertz CT molecular complexity index is 820. The monoisotopic (exact) mass is 415 g/mol. The van der Waals surface area contributed by atoms with E-state index in [9.17, 15) is 13.2 Å². The molecular formula is C15H18BrN3O4S. The quantitative estimate of drug-likeness (QED) is 0.746. The molecule has 1 heterocycles. The number of carbonyl (C=O) groups excluding carboxylic acids is 1. The van der Waals surface area contributed by atoms with Crippen LogP contribution in [0.3, 0.4) is 0 Å². The summed E-state index contributed by atoms with van der Waals surface area (Å²) in [5.41, 5.74) is 0.651. The predicted octanol–water partition coefficient (Wildman–Crippen LogP) is 2.07. The number of sulfonamides is 1. The molecule has 1 N–H and O–H groups in total. The van der Waals surface area contributed by atoms with E-state index < -0.39 is 10.0 Å². The third kappa shape index (κ3) is 5.15. The maximum absolute atomic E-state index is 12.2. The minimum Gasteiger partial charge on any atom is -0.361 e. The fraction of sp³-hybridized carbons (Fsp3) is 0.333. The van der Waals surface area contributed by atoms with Gasteiger partial charge in [-0.05, 0) is 25.1 Å². The van der Waals surface area contributed by atoms with Crippen LogP contribution in [0.4, 0.5) is 0 Å². The van der Waals surface area contributed by atoms with Gasteiger partial charge in [0.05, 0.1) is 11.4 Å². The summed E-state index contributed by atoms with van der Waals surface area (Å²) in [5.74, 6) is 0.486. The Hall–Kier alpha value is -1.71. The van der Waals surface area contributed by atoms with Crippen molar-refractivity contribution in [2.75, 3.05) is 13.6 Å². The van der Waals surface area contributed by atoms with Crippen molar-refractivity contribution in [1.82, 2.24) is 14.8 Å². The molecular weight excluding hydrogens is 398 g/mol. The molecule has 1 aromatic heterocycles. The molecule has 0 saturated heterocycles. The molecule has 0 aliphatic rings. The highest BCUT2D eigenvalue weighted by Gasteiger charge is 2.16. The van der Waals surface area contributed by atoms with Gasteiger partial charge in [-0.2, -0.15) is 0 Å². The molecule has 0 fully saturated rings. The van der Waals surface area contributed by atoms with Crippen molar-refractivity contribution in [3.63, 3.8) is 0 Å². The van der Waals surface area contributed by atoms with Gasteiger partial charge < -0.3 is 9.42 Å². The number of rotatable bonds is 7. The molecule has 2 rings (SSSR count). The van der Waals surface area contributed by atoms with Gasteiger partial charge in [-0.15, -0.1) is 0 Å². The summed E-state index contributed by atoms with van der Waals surface area (Å²) in [4.78, 5) is 13.7. The Morgan fingerprint density at radius 1 is 1.38 bits per heavy atom. The molecule has 0 unspecified atom stereocenters. The molecule has 0 aliphatic heterocycles. The van der Waals surface area contributed by atoms with E-state index in [4.69, 9.17) is 4.52 Å². The summed E-state index contributed by atoms with van der Waals surface area (Å²) in [6.07, 6.45) is 0.0561. The first-order chi connectivity index (χ1) is 11.3. The highest BCUT2D eigenvalue weighted by molar-refractivity contribution is 9.10. The van der Waals surface area contributed by atoms with Crippen LogP contribution in [0.25, 0.3) is 0 Å². The van der Waals surface area contributed by atoms with Gasteiger partial charge in [0.1, 0.15) is 11.5 Å². The van der Waals surface area contributed by atoms with Crippen molar-refractivity contribution in [3.8, 4) is 0 Å². The van der Waals surface area contributed by atoms with E-state index in [-0.39, 0.29) is 23.8 Å². The Morgan fingerprint density at radius 2 is 2.12 bits per heavy atom. The van der Waals surface area contributed by atoms with Crippen LogP contribution in [0.15, 0.2) is 44.2 Å². The van der Waals surface area contributed by atoms with Gasteiger partial charge in [0.2, 0.25) is 15.9 Å². The Morgan fingerprint density at radius 3 is 2.75 bits per heavy atom. The number of amides is 1. The summed E-state index contributed by atoms with van der Waals surface area (Å²) in [6, 6.07) is 8.12. The molecule has 2 aromatic rings. The smallest absolute Gasteiger partial charge is 0.240 e. The second kappa shape index (κ2) is 7.91. The minimum atomic E-state index is -3.64. The largest absolute Gasteiger partial charge is 0.361 e. The zero-order valence-electron chi connectivity index (χ0n) is 13.3. The second-order valence-corrected chi connectivity index (χ2v) is 7.97. The van der Waals surface area contributed by atoms with Gasteiger partial charge >= 0.3 is 0 Å². The molecule has 130 valence electrons. The molecule has 0 bridgehead atoms. The summed E-state index contributed by atoms with van der Waals surface area (Å²) < 4.78 is 32.3. The molecule has 9 heteroatoms. The molecule has 0 aliphatic carbocycles. The first kappa shape index (κ1) is 18.6. The number of aromatic nitrogens is 1. The Balaban J connectivity index is 1.85. The first-order valence-corrected chi connectivity index (χ1v) is 9.47. The molecule has 24 heavy (non-hydrogen) atoms. The van der Waals surface area contributed by atoms with Crippen LogP contribution in [-0.2, 0) is 21.4 Å². The van der Waals surface area contributed by atoms with Gasteiger partial charge in [-0.25, -0.2) is 13.1 Å². The lowest BCUT2D eigenvalue weighted by molar-refractivity contribution is -0.130. The highest BCUT2D eigenvalue weighted by atomic mass is 79.9. The van der Waals surface area contributed by atoms with Gasteiger partial charge in [0, 0.05) is 30.6 Å². The number of aryl methyl sites for hydroxylation is 1. The number of nitrogens with zero attached hydrogens (tertiary/aromatic N) is 2. The average molecular weight is 416 g/mol. The number of benzene rings is 1. The summed E-state index contributed by atoms with van der Waals surface area (Å²) in [6.45, 7) is 2.11. The van der Waals surface area contributed by atoms with E-state index >= 15 is 0 Å². The van der Waals surface area contributed by atoms with E-state index in [0.717, 1.165) is 0 Å². The van der Waals surface area contributed by atoms with Crippen LogP contribution in [0.1, 0.15) is 17.9 Å². The lowest BCUT2D eigenvalue weighted by Gasteiger charge is -2.15. The second-order valence-electron chi connectivity index (χ2n) is 5.28. The zero-order chi connectivity index (χ0) is 17.7. The summed E-state index contributed by atoms with van der Waals surface area (Å²) >= 11 is 3.23.